The van der Waals surface area contributed by atoms with Gasteiger partial charge in [-0.15, -0.1) is 0 Å². The van der Waals surface area contributed by atoms with E-state index >= 15 is 0 Å². The van der Waals surface area contributed by atoms with Crippen LogP contribution in [0.3, 0.4) is 0 Å². The van der Waals surface area contributed by atoms with E-state index in [-0.39, 0.29) is 0 Å². The zero-order valence-corrected chi connectivity index (χ0v) is 10.2. The molecule has 0 N–H and O–H groups in total. The maximum Gasteiger partial charge on any atom is -0.00550 e. The van der Waals surface area contributed by atoms with Gasteiger partial charge in [-0.05, 0) is 60.8 Å². The van der Waals surface area contributed by atoms with Crippen LogP contribution in [0, 0.1) is 0 Å². The maximum atomic E-state index is 2.46. The molecule has 0 unspecified atom stereocenters. The maximum absolute atomic E-state index is 2.46. The van der Waals surface area contributed by atoms with Crippen LogP contribution < -0.4 is 0 Å². The molecule has 3 rings (SSSR count). The summed E-state index contributed by atoms with van der Waals surface area (Å²) in [5.41, 5.74) is 8.17. The summed E-state index contributed by atoms with van der Waals surface area (Å²) >= 11 is 0. The molecule has 0 aromatic heterocycles. The van der Waals surface area contributed by atoms with Gasteiger partial charge in [0.05, 0.1) is 0 Å². The van der Waals surface area contributed by atoms with E-state index in [9.17, 15) is 0 Å². The van der Waals surface area contributed by atoms with E-state index in [0.29, 0.717) is 0 Å². The van der Waals surface area contributed by atoms with E-state index in [2.05, 4.69) is 25.1 Å². The molecule has 0 saturated heterocycles. The minimum atomic E-state index is 1.23. The summed E-state index contributed by atoms with van der Waals surface area (Å²) in [6.45, 7) is 2.26. The molecule has 0 spiro atoms. The second kappa shape index (κ2) is 4.08. The number of fused-ring (bicyclic) bond motifs is 2. The molecule has 0 bridgehead atoms. The first kappa shape index (κ1) is 10.1. The predicted molar refractivity (Wildman–Crippen MR) is 69.5 cm³/mol. The van der Waals surface area contributed by atoms with Gasteiger partial charge >= 0.3 is 0 Å². The van der Waals surface area contributed by atoms with Crippen molar-refractivity contribution in [2.24, 2.45) is 0 Å². The fourth-order valence-corrected chi connectivity index (χ4v) is 3.22. The van der Waals surface area contributed by atoms with Gasteiger partial charge in [-0.3, -0.25) is 0 Å². The molecule has 2 aliphatic rings. The van der Waals surface area contributed by atoms with E-state index in [1.54, 1.807) is 22.3 Å². The first-order chi connectivity index (χ1) is 7.88. The lowest BCUT2D eigenvalue weighted by Crippen LogP contribution is -1.94. The number of benzene rings is 1. The lowest BCUT2D eigenvalue weighted by Gasteiger charge is -2.14. The van der Waals surface area contributed by atoms with Gasteiger partial charge in [0.2, 0.25) is 0 Å². The monoisotopic (exact) mass is 212 g/mol. The molecular weight excluding hydrogens is 192 g/mol. The Morgan fingerprint density at radius 3 is 2.88 bits per heavy atom. The van der Waals surface area contributed by atoms with Crippen molar-refractivity contribution in [1.29, 1.82) is 0 Å². The fourth-order valence-electron chi connectivity index (χ4n) is 3.22. The van der Waals surface area contributed by atoms with Gasteiger partial charge in [0.25, 0.3) is 0 Å². The minimum absolute atomic E-state index is 1.23. The Morgan fingerprint density at radius 1 is 1.12 bits per heavy atom. The predicted octanol–water partition coefficient (Wildman–Crippen LogP) is 4.52. The van der Waals surface area contributed by atoms with E-state index in [1.807, 2.05) is 0 Å². The van der Waals surface area contributed by atoms with Gasteiger partial charge in [-0.1, -0.05) is 37.1 Å². The highest BCUT2D eigenvalue weighted by molar-refractivity contribution is 5.77. The van der Waals surface area contributed by atoms with Crippen LogP contribution in [-0.2, 0) is 12.8 Å². The van der Waals surface area contributed by atoms with Crippen LogP contribution in [0.5, 0.6) is 0 Å². The molecule has 0 atom stereocenters. The molecule has 0 fully saturated rings. The molecule has 0 nitrogen and oxygen atoms in total. The summed E-state index contributed by atoms with van der Waals surface area (Å²) in [5, 5.41) is 0. The van der Waals surface area contributed by atoms with Crippen molar-refractivity contribution in [3.05, 3.63) is 40.5 Å². The van der Waals surface area contributed by atoms with Gasteiger partial charge in [0.1, 0.15) is 0 Å². The van der Waals surface area contributed by atoms with Gasteiger partial charge in [-0.2, -0.15) is 0 Å². The van der Waals surface area contributed by atoms with E-state index in [0.717, 1.165) is 0 Å². The van der Waals surface area contributed by atoms with Crippen molar-refractivity contribution in [1.82, 2.24) is 0 Å². The van der Waals surface area contributed by atoms with Crippen LogP contribution in [0.15, 0.2) is 23.8 Å². The topological polar surface area (TPSA) is 0 Å². The third kappa shape index (κ3) is 1.61. The zero-order chi connectivity index (χ0) is 11.0. The highest BCUT2D eigenvalue weighted by Gasteiger charge is 2.23. The van der Waals surface area contributed by atoms with E-state index < -0.39 is 0 Å². The molecule has 0 radical (unpaired) electrons. The Balaban J connectivity index is 1.99. The molecular formula is C16H20. The molecule has 0 saturated carbocycles. The third-order valence-electron chi connectivity index (χ3n) is 4.02. The minimum Gasteiger partial charge on any atom is -0.0651 e. The van der Waals surface area contributed by atoms with Crippen LogP contribution in [0.1, 0.15) is 55.7 Å². The van der Waals surface area contributed by atoms with Crippen LogP contribution in [0.2, 0.25) is 0 Å². The number of hydrogen-bond donors (Lipinski definition) is 0. The molecule has 0 heterocycles. The summed E-state index contributed by atoms with van der Waals surface area (Å²) in [6, 6.07) is 7.17. The summed E-state index contributed by atoms with van der Waals surface area (Å²) in [7, 11) is 0. The van der Waals surface area contributed by atoms with Gasteiger partial charge < -0.3 is 0 Å². The lowest BCUT2D eigenvalue weighted by atomic mass is 9.91. The van der Waals surface area contributed by atoms with Crippen molar-refractivity contribution >= 4 is 5.57 Å². The summed E-state index contributed by atoms with van der Waals surface area (Å²) in [4.78, 5) is 0. The number of hydrogen-bond acceptors (Lipinski definition) is 0. The Morgan fingerprint density at radius 2 is 2.00 bits per heavy atom. The smallest absolute Gasteiger partial charge is 0.00550 e. The Hall–Kier alpha value is -1.04. The second-order valence-corrected chi connectivity index (χ2v) is 5.21. The number of allylic oxidation sites excluding steroid dienone is 2. The summed E-state index contributed by atoms with van der Waals surface area (Å²) < 4.78 is 0. The second-order valence-electron chi connectivity index (χ2n) is 5.21. The molecule has 2 aliphatic carbocycles. The SMILES string of the molecule is CCCc1ccc2c(c1)C1=C(CCCC1)C2. The van der Waals surface area contributed by atoms with Gasteiger partial charge in [-0.25, -0.2) is 0 Å². The van der Waals surface area contributed by atoms with Crippen molar-refractivity contribution in [2.75, 3.05) is 0 Å². The third-order valence-corrected chi connectivity index (χ3v) is 4.02. The van der Waals surface area contributed by atoms with Gasteiger partial charge in [0.15, 0.2) is 0 Å². The summed E-state index contributed by atoms with van der Waals surface area (Å²) in [5.74, 6) is 0. The highest BCUT2D eigenvalue weighted by atomic mass is 14.3. The normalized spacial score (nSPS) is 18.6. The molecule has 84 valence electrons. The Labute approximate surface area is 98.4 Å². The molecule has 1 aromatic rings. The molecule has 0 amide bonds. The van der Waals surface area contributed by atoms with Gasteiger partial charge in [0, 0.05) is 0 Å². The van der Waals surface area contributed by atoms with Crippen LogP contribution in [-0.4, -0.2) is 0 Å². The van der Waals surface area contributed by atoms with E-state index in [4.69, 9.17) is 0 Å². The van der Waals surface area contributed by atoms with Crippen LogP contribution in [0.25, 0.3) is 5.57 Å². The molecule has 1 aromatic carbocycles. The summed E-state index contributed by atoms with van der Waals surface area (Å²) in [6.07, 6.45) is 9.23. The van der Waals surface area contributed by atoms with Crippen molar-refractivity contribution in [2.45, 2.75) is 51.9 Å². The Bertz CT molecular complexity index is 437. The largest absolute Gasteiger partial charge is 0.0651 e. The Kier molecular flexibility index (Phi) is 2.59. The standard InChI is InChI=1S/C16H20/c1-2-5-12-8-9-14-11-13-6-3-4-7-15(13)16(14)10-12/h8-10H,2-7,11H2,1H3. The highest BCUT2D eigenvalue weighted by Crippen LogP contribution is 2.41. The number of aryl methyl sites for hydroxylation is 1. The van der Waals surface area contributed by atoms with E-state index in [1.165, 1.54) is 50.5 Å². The fraction of sp³-hybridized carbons (Fsp3) is 0.500. The first-order valence-corrected chi connectivity index (χ1v) is 6.71. The van der Waals surface area contributed by atoms with Crippen molar-refractivity contribution < 1.29 is 0 Å². The lowest BCUT2D eigenvalue weighted by molar-refractivity contribution is 0.711. The van der Waals surface area contributed by atoms with Crippen LogP contribution >= 0.6 is 0 Å². The number of rotatable bonds is 2. The molecule has 0 heteroatoms. The quantitative estimate of drug-likeness (QED) is 0.676. The van der Waals surface area contributed by atoms with Crippen molar-refractivity contribution in [3.8, 4) is 0 Å². The average molecular weight is 212 g/mol. The van der Waals surface area contributed by atoms with Crippen molar-refractivity contribution in [3.63, 3.8) is 0 Å². The molecule has 0 aliphatic heterocycles. The first-order valence-electron chi connectivity index (χ1n) is 6.71. The zero-order valence-electron chi connectivity index (χ0n) is 10.2. The average Bonchev–Trinajstić information content (AvgIpc) is 2.68. The van der Waals surface area contributed by atoms with Crippen LogP contribution in [0.4, 0.5) is 0 Å². The molecule has 16 heavy (non-hydrogen) atoms.